The third kappa shape index (κ3) is 4.90. The van der Waals surface area contributed by atoms with Crippen molar-refractivity contribution in [3.63, 3.8) is 0 Å². The molecule has 1 atom stereocenters. The molecule has 0 saturated carbocycles. The van der Waals surface area contributed by atoms with Gasteiger partial charge >= 0.3 is 0 Å². The minimum absolute atomic E-state index is 0.0783. The van der Waals surface area contributed by atoms with Crippen LogP contribution in [0.4, 0.5) is 0 Å². The summed E-state index contributed by atoms with van der Waals surface area (Å²) in [7, 11) is 0. The highest BCUT2D eigenvalue weighted by molar-refractivity contribution is 5.80. The summed E-state index contributed by atoms with van der Waals surface area (Å²) in [5, 5.41) is 11.0. The SMILES string of the molecule is C/C=C/CCCCCC1=NC=C[N+]1(CCN)CC(=O)[O-]. The molecule has 2 N–H and O–H groups in total. The molecule has 112 valence electrons. The molecule has 20 heavy (non-hydrogen) atoms. The van der Waals surface area contributed by atoms with E-state index in [1.807, 2.05) is 13.1 Å². The van der Waals surface area contributed by atoms with Crippen LogP contribution in [0.1, 0.15) is 39.0 Å². The summed E-state index contributed by atoms with van der Waals surface area (Å²) in [6.45, 7) is 2.93. The van der Waals surface area contributed by atoms with Gasteiger partial charge in [-0.15, -0.1) is 0 Å². The highest BCUT2D eigenvalue weighted by atomic mass is 16.4. The Balaban J connectivity index is 2.48. The fourth-order valence-electron chi connectivity index (χ4n) is 2.51. The largest absolute Gasteiger partial charge is 0.544 e. The van der Waals surface area contributed by atoms with Crippen LogP contribution in [0.25, 0.3) is 0 Å². The number of aliphatic imine (C=N–C) groups is 1. The van der Waals surface area contributed by atoms with E-state index in [0.29, 0.717) is 13.1 Å². The fourth-order valence-corrected chi connectivity index (χ4v) is 2.51. The average Bonchev–Trinajstić information content (AvgIpc) is 2.76. The number of carboxylic acids is 1. The molecule has 1 aliphatic heterocycles. The predicted molar refractivity (Wildman–Crippen MR) is 78.5 cm³/mol. The maximum atomic E-state index is 11.0. The van der Waals surface area contributed by atoms with Gasteiger partial charge in [-0.2, -0.15) is 0 Å². The summed E-state index contributed by atoms with van der Waals surface area (Å²) in [5.41, 5.74) is 5.62. The highest BCUT2D eigenvalue weighted by Crippen LogP contribution is 2.20. The van der Waals surface area contributed by atoms with Gasteiger partial charge in [-0.25, -0.2) is 9.48 Å². The molecule has 0 spiro atoms. The van der Waals surface area contributed by atoms with Crippen LogP contribution < -0.4 is 10.8 Å². The fraction of sp³-hybridized carbons (Fsp3) is 0.600. The van der Waals surface area contributed by atoms with Gasteiger partial charge in [0.15, 0.2) is 0 Å². The van der Waals surface area contributed by atoms with Gasteiger partial charge in [0.05, 0.1) is 12.2 Å². The molecule has 1 unspecified atom stereocenters. The number of carbonyl (C=O) groups excluding carboxylic acids is 1. The Morgan fingerprint density at radius 2 is 2.25 bits per heavy atom. The lowest BCUT2D eigenvalue weighted by Crippen LogP contribution is -2.55. The molecule has 0 saturated heterocycles. The van der Waals surface area contributed by atoms with Crippen molar-refractivity contribution >= 4 is 11.8 Å². The number of nitrogens with two attached hydrogens (primary N) is 1. The first-order valence-corrected chi connectivity index (χ1v) is 7.27. The lowest BCUT2D eigenvalue weighted by Gasteiger charge is -2.32. The molecule has 1 rings (SSSR count). The number of quaternary nitrogens is 1. The number of carbonyl (C=O) groups is 1. The molecule has 0 bridgehead atoms. The monoisotopic (exact) mass is 279 g/mol. The zero-order chi connectivity index (χ0) is 14.8. The summed E-state index contributed by atoms with van der Waals surface area (Å²) in [6.07, 6.45) is 13.0. The lowest BCUT2D eigenvalue weighted by molar-refractivity contribution is -0.780. The maximum Gasteiger partial charge on any atom is 0.207 e. The van der Waals surface area contributed by atoms with E-state index in [4.69, 9.17) is 5.73 Å². The van der Waals surface area contributed by atoms with Gasteiger partial charge in [0, 0.05) is 13.0 Å². The Morgan fingerprint density at radius 1 is 1.45 bits per heavy atom. The highest BCUT2D eigenvalue weighted by Gasteiger charge is 2.34. The second kappa shape index (κ2) is 8.66. The Morgan fingerprint density at radius 3 is 2.90 bits per heavy atom. The molecule has 0 aromatic heterocycles. The maximum absolute atomic E-state index is 11.0. The Labute approximate surface area is 121 Å². The summed E-state index contributed by atoms with van der Waals surface area (Å²) in [5.74, 6) is -0.170. The molecule has 0 aliphatic carbocycles. The molecule has 0 fully saturated rings. The number of hydrogen-bond acceptors (Lipinski definition) is 4. The normalized spacial score (nSPS) is 21.6. The zero-order valence-corrected chi connectivity index (χ0v) is 12.3. The topological polar surface area (TPSA) is 78.5 Å². The van der Waals surface area contributed by atoms with Gasteiger partial charge < -0.3 is 15.6 Å². The zero-order valence-electron chi connectivity index (χ0n) is 12.3. The van der Waals surface area contributed by atoms with E-state index in [1.165, 1.54) is 0 Å². The standard InChI is InChI=1S/C15H25N3O2/c1-2-3-4-5-6-7-8-14-17-10-12-18(14,11-9-16)13-15(19)20/h2-3,10,12H,4-9,11,13,16H2,1H3/b3-2+. The molecule has 1 aliphatic rings. The van der Waals surface area contributed by atoms with Crippen molar-refractivity contribution in [1.82, 2.24) is 0 Å². The Kier molecular flexibility index (Phi) is 7.18. The van der Waals surface area contributed by atoms with Crippen molar-refractivity contribution in [2.45, 2.75) is 39.0 Å². The van der Waals surface area contributed by atoms with Gasteiger partial charge in [-0.05, 0) is 26.2 Å². The average molecular weight is 279 g/mol. The van der Waals surface area contributed by atoms with E-state index >= 15 is 0 Å². The molecule has 0 aromatic carbocycles. The summed E-state index contributed by atoms with van der Waals surface area (Å²) in [6, 6.07) is 0. The molecular weight excluding hydrogens is 254 g/mol. The molecule has 0 aromatic rings. The second-order valence-electron chi connectivity index (χ2n) is 5.09. The van der Waals surface area contributed by atoms with E-state index in [1.54, 1.807) is 6.20 Å². The van der Waals surface area contributed by atoms with E-state index in [2.05, 4.69) is 17.1 Å². The third-order valence-electron chi connectivity index (χ3n) is 3.54. The first-order chi connectivity index (χ1) is 9.64. The minimum Gasteiger partial charge on any atom is -0.544 e. The number of aliphatic carboxylic acids is 1. The van der Waals surface area contributed by atoms with Crippen LogP contribution >= 0.6 is 0 Å². The molecular formula is C15H25N3O2. The van der Waals surface area contributed by atoms with Gasteiger partial charge in [0.25, 0.3) is 0 Å². The number of rotatable bonds is 10. The van der Waals surface area contributed by atoms with Gasteiger partial charge in [-0.3, -0.25) is 0 Å². The van der Waals surface area contributed by atoms with Crippen LogP contribution in [0, 0.1) is 0 Å². The van der Waals surface area contributed by atoms with E-state index in [0.717, 1.165) is 37.9 Å². The number of carboxylic acid groups (broad SMARTS) is 1. The number of unbranched alkanes of at least 4 members (excludes halogenated alkanes) is 3. The molecule has 5 nitrogen and oxygen atoms in total. The molecule has 0 amide bonds. The first-order valence-electron chi connectivity index (χ1n) is 7.27. The van der Waals surface area contributed by atoms with Gasteiger partial charge in [-0.1, -0.05) is 18.6 Å². The van der Waals surface area contributed by atoms with Crippen LogP contribution in [0.2, 0.25) is 0 Å². The van der Waals surface area contributed by atoms with Crippen LogP contribution in [-0.2, 0) is 4.79 Å². The van der Waals surface area contributed by atoms with E-state index in [-0.39, 0.29) is 11.0 Å². The van der Waals surface area contributed by atoms with Crippen molar-refractivity contribution in [2.24, 2.45) is 10.7 Å². The minimum atomic E-state index is -1.06. The van der Waals surface area contributed by atoms with Crippen molar-refractivity contribution in [2.75, 3.05) is 19.6 Å². The summed E-state index contributed by atoms with van der Waals surface area (Å²) in [4.78, 5) is 15.3. The van der Waals surface area contributed by atoms with Crippen molar-refractivity contribution in [3.8, 4) is 0 Å². The van der Waals surface area contributed by atoms with Crippen LogP contribution in [-0.4, -0.2) is 35.9 Å². The van der Waals surface area contributed by atoms with Crippen molar-refractivity contribution in [3.05, 3.63) is 24.6 Å². The second-order valence-corrected chi connectivity index (χ2v) is 5.09. The van der Waals surface area contributed by atoms with Crippen LogP contribution in [0.5, 0.6) is 0 Å². The molecule has 1 heterocycles. The predicted octanol–water partition coefficient (Wildman–Crippen LogP) is 0.922. The van der Waals surface area contributed by atoms with Crippen LogP contribution in [0.3, 0.4) is 0 Å². The quantitative estimate of drug-likeness (QED) is 0.367. The molecule has 0 radical (unpaired) electrons. The van der Waals surface area contributed by atoms with E-state index in [9.17, 15) is 9.90 Å². The van der Waals surface area contributed by atoms with Gasteiger partial charge in [0.1, 0.15) is 19.3 Å². The number of amidine groups is 1. The first kappa shape index (κ1) is 16.6. The third-order valence-corrected chi connectivity index (χ3v) is 3.54. The summed E-state index contributed by atoms with van der Waals surface area (Å²) < 4.78 is 0.230. The number of hydrogen-bond donors (Lipinski definition) is 1. The lowest BCUT2D eigenvalue weighted by atomic mass is 10.1. The van der Waals surface area contributed by atoms with Crippen LogP contribution in [0.15, 0.2) is 29.5 Å². The van der Waals surface area contributed by atoms with Crippen molar-refractivity contribution in [1.29, 1.82) is 0 Å². The number of allylic oxidation sites excluding steroid dienone is 2. The smallest absolute Gasteiger partial charge is 0.207 e. The van der Waals surface area contributed by atoms with E-state index < -0.39 is 5.97 Å². The summed E-state index contributed by atoms with van der Waals surface area (Å²) >= 11 is 0. The number of nitrogens with zero attached hydrogens (tertiary/aromatic N) is 2. The Hall–Kier alpha value is -1.46. The van der Waals surface area contributed by atoms with Gasteiger partial charge in [0.2, 0.25) is 5.84 Å². The Bertz CT molecular complexity index is 402. The van der Waals surface area contributed by atoms with Crippen molar-refractivity contribution < 1.29 is 14.4 Å². The molecule has 5 heteroatoms.